The molecule has 1 aliphatic heterocycles. The highest BCUT2D eigenvalue weighted by molar-refractivity contribution is 5.79. The van der Waals surface area contributed by atoms with Gasteiger partial charge in [-0.25, -0.2) is 0 Å². The van der Waals surface area contributed by atoms with Gasteiger partial charge in [0.25, 0.3) is 0 Å². The molecule has 1 heterocycles. The molecule has 2 rings (SSSR count). The molecule has 0 aromatic heterocycles. The summed E-state index contributed by atoms with van der Waals surface area (Å²) >= 11 is 0. The summed E-state index contributed by atoms with van der Waals surface area (Å²) in [6.45, 7) is 2.64. The van der Waals surface area contributed by atoms with Crippen molar-refractivity contribution in [1.29, 1.82) is 0 Å². The first-order chi connectivity index (χ1) is 8.33. The van der Waals surface area contributed by atoms with Crippen molar-refractivity contribution >= 4 is 5.91 Å². The molecule has 3 nitrogen and oxygen atoms in total. The maximum absolute atomic E-state index is 12.5. The Hall–Kier alpha value is -0.570. The fourth-order valence-electron chi connectivity index (χ4n) is 3.34. The van der Waals surface area contributed by atoms with Gasteiger partial charge in [-0.3, -0.25) is 4.79 Å². The van der Waals surface area contributed by atoms with Gasteiger partial charge in [0.1, 0.15) is 0 Å². The van der Waals surface area contributed by atoms with Crippen LogP contribution in [0.2, 0.25) is 0 Å². The molecule has 1 aliphatic carbocycles. The van der Waals surface area contributed by atoms with Crippen molar-refractivity contribution in [3.8, 4) is 0 Å². The van der Waals surface area contributed by atoms with E-state index in [1.807, 2.05) is 0 Å². The first kappa shape index (κ1) is 12.9. The fourth-order valence-corrected chi connectivity index (χ4v) is 3.34. The number of likely N-dealkylation sites (tertiary alicyclic amines) is 1. The van der Waals surface area contributed by atoms with E-state index in [-0.39, 0.29) is 5.92 Å². The molecule has 0 aromatic carbocycles. The molecule has 0 radical (unpaired) electrons. The van der Waals surface area contributed by atoms with Gasteiger partial charge >= 0.3 is 0 Å². The summed E-state index contributed by atoms with van der Waals surface area (Å²) in [6.07, 6.45) is 9.63. The van der Waals surface area contributed by atoms with Crippen molar-refractivity contribution in [2.45, 2.75) is 51.4 Å². The van der Waals surface area contributed by atoms with Crippen molar-refractivity contribution in [1.82, 2.24) is 4.90 Å². The highest BCUT2D eigenvalue weighted by atomic mass is 16.2. The number of amides is 1. The molecular formula is C14H26N2O. The molecule has 2 N–H and O–H groups in total. The van der Waals surface area contributed by atoms with E-state index in [0.29, 0.717) is 18.4 Å². The van der Waals surface area contributed by atoms with E-state index in [0.717, 1.165) is 25.9 Å². The molecular weight excluding hydrogens is 212 g/mol. The van der Waals surface area contributed by atoms with Crippen LogP contribution in [0.25, 0.3) is 0 Å². The summed E-state index contributed by atoms with van der Waals surface area (Å²) in [5, 5.41) is 0. The monoisotopic (exact) mass is 238 g/mol. The predicted molar refractivity (Wildman–Crippen MR) is 69.6 cm³/mol. The number of carbonyl (C=O) groups is 1. The van der Waals surface area contributed by atoms with Crippen molar-refractivity contribution < 1.29 is 4.79 Å². The van der Waals surface area contributed by atoms with Crippen molar-refractivity contribution in [3.63, 3.8) is 0 Å². The first-order valence-electron chi connectivity index (χ1n) is 7.32. The van der Waals surface area contributed by atoms with E-state index in [2.05, 4.69) is 4.90 Å². The van der Waals surface area contributed by atoms with Crippen LogP contribution in [0.5, 0.6) is 0 Å². The molecule has 1 amide bonds. The zero-order valence-corrected chi connectivity index (χ0v) is 10.9. The van der Waals surface area contributed by atoms with Gasteiger partial charge in [0.15, 0.2) is 0 Å². The predicted octanol–water partition coefficient (Wildman–Crippen LogP) is 2.15. The molecule has 98 valence electrons. The SMILES string of the molecule is NCC1CCCCC1C(=O)N1CCCCCC1. The summed E-state index contributed by atoms with van der Waals surface area (Å²) < 4.78 is 0. The van der Waals surface area contributed by atoms with Crippen LogP contribution < -0.4 is 5.73 Å². The highest BCUT2D eigenvalue weighted by Crippen LogP contribution is 2.31. The van der Waals surface area contributed by atoms with Crippen molar-refractivity contribution in [2.24, 2.45) is 17.6 Å². The van der Waals surface area contributed by atoms with E-state index < -0.39 is 0 Å². The number of hydrogen-bond donors (Lipinski definition) is 1. The third kappa shape index (κ3) is 3.21. The summed E-state index contributed by atoms with van der Waals surface area (Å²) in [5.41, 5.74) is 5.82. The van der Waals surface area contributed by atoms with Crippen LogP contribution in [-0.4, -0.2) is 30.4 Å². The standard InChI is InChI=1S/C14H26N2O/c15-11-12-7-3-4-8-13(12)14(17)16-9-5-1-2-6-10-16/h12-13H,1-11,15H2. The number of nitrogens with zero attached hydrogens (tertiary/aromatic N) is 1. The summed E-state index contributed by atoms with van der Waals surface area (Å²) in [7, 11) is 0. The van der Waals surface area contributed by atoms with E-state index >= 15 is 0 Å². The fraction of sp³-hybridized carbons (Fsp3) is 0.929. The van der Waals surface area contributed by atoms with E-state index in [9.17, 15) is 4.79 Å². The van der Waals surface area contributed by atoms with Crippen LogP contribution in [0.3, 0.4) is 0 Å². The molecule has 1 saturated carbocycles. The molecule has 2 unspecified atom stereocenters. The average molecular weight is 238 g/mol. The van der Waals surface area contributed by atoms with Crippen LogP contribution >= 0.6 is 0 Å². The lowest BCUT2D eigenvalue weighted by Gasteiger charge is -2.33. The Morgan fingerprint density at radius 2 is 1.65 bits per heavy atom. The van der Waals surface area contributed by atoms with Crippen LogP contribution in [0.4, 0.5) is 0 Å². The Labute approximate surface area is 105 Å². The Morgan fingerprint density at radius 1 is 1.00 bits per heavy atom. The lowest BCUT2D eigenvalue weighted by atomic mass is 9.78. The highest BCUT2D eigenvalue weighted by Gasteiger charge is 2.32. The Balaban J connectivity index is 1.96. The second-order valence-electron chi connectivity index (χ2n) is 5.63. The molecule has 0 bridgehead atoms. The number of nitrogens with two attached hydrogens (primary N) is 1. The Bertz CT molecular complexity index is 247. The van der Waals surface area contributed by atoms with Crippen LogP contribution in [0.1, 0.15) is 51.4 Å². The third-order valence-electron chi connectivity index (χ3n) is 4.45. The zero-order valence-electron chi connectivity index (χ0n) is 10.9. The first-order valence-corrected chi connectivity index (χ1v) is 7.32. The Morgan fingerprint density at radius 3 is 2.29 bits per heavy atom. The topological polar surface area (TPSA) is 46.3 Å². The second-order valence-corrected chi connectivity index (χ2v) is 5.63. The van der Waals surface area contributed by atoms with Crippen LogP contribution in [0.15, 0.2) is 0 Å². The van der Waals surface area contributed by atoms with Gasteiger partial charge in [0.05, 0.1) is 0 Å². The number of rotatable bonds is 2. The number of hydrogen-bond acceptors (Lipinski definition) is 2. The van der Waals surface area contributed by atoms with Crippen molar-refractivity contribution in [3.05, 3.63) is 0 Å². The van der Waals surface area contributed by atoms with Crippen molar-refractivity contribution in [2.75, 3.05) is 19.6 Å². The quantitative estimate of drug-likeness (QED) is 0.801. The van der Waals surface area contributed by atoms with Gasteiger partial charge in [0.2, 0.25) is 5.91 Å². The van der Waals surface area contributed by atoms with E-state index in [4.69, 9.17) is 5.73 Å². The number of carbonyl (C=O) groups excluding carboxylic acids is 1. The summed E-state index contributed by atoms with van der Waals surface area (Å²) in [4.78, 5) is 14.7. The molecule has 17 heavy (non-hydrogen) atoms. The minimum atomic E-state index is 0.229. The molecule has 3 heteroatoms. The zero-order chi connectivity index (χ0) is 12.1. The van der Waals surface area contributed by atoms with Gasteiger partial charge < -0.3 is 10.6 Å². The molecule has 1 saturated heterocycles. The summed E-state index contributed by atoms with van der Waals surface area (Å²) in [6, 6.07) is 0. The maximum Gasteiger partial charge on any atom is 0.226 e. The normalized spacial score (nSPS) is 31.0. The van der Waals surface area contributed by atoms with E-state index in [1.54, 1.807) is 0 Å². The average Bonchev–Trinajstić information content (AvgIpc) is 2.66. The lowest BCUT2D eigenvalue weighted by molar-refractivity contribution is -0.138. The van der Waals surface area contributed by atoms with Gasteiger partial charge in [-0.15, -0.1) is 0 Å². The van der Waals surface area contributed by atoms with Crippen LogP contribution in [-0.2, 0) is 4.79 Å². The summed E-state index contributed by atoms with van der Waals surface area (Å²) in [5.74, 6) is 1.08. The van der Waals surface area contributed by atoms with Crippen LogP contribution in [0, 0.1) is 11.8 Å². The minimum Gasteiger partial charge on any atom is -0.342 e. The minimum absolute atomic E-state index is 0.229. The molecule has 2 fully saturated rings. The van der Waals surface area contributed by atoms with Gasteiger partial charge in [-0.05, 0) is 38.1 Å². The second kappa shape index (κ2) is 6.39. The molecule has 2 atom stereocenters. The Kier molecular flexibility index (Phi) is 4.84. The van der Waals surface area contributed by atoms with E-state index in [1.165, 1.54) is 38.5 Å². The van der Waals surface area contributed by atoms with Gasteiger partial charge in [-0.2, -0.15) is 0 Å². The molecule has 2 aliphatic rings. The smallest absolute Gasteiger partial charge is 0.226 e. The third-order valence-corrected chi connectivity index (χ3v) is 4.45. The molecule has 0 spiro atoms. The van der Waals surface area contributed by atoms with Gasteiger partial charge in [0, 0.05) is 19.0 Å². The largest absolute Gasteiger partial charge is 0.342 e. The van der Waals surface area contributed by atoms with Gasteiger partial charge in [-0.1, -0.05) is 25.7 Å². The lowest BCUT2D eigenvalue weighted by Crippen LogP contribution is -2.42. The molecule has 0 aromatic rings. The maximum atomic E-state index is 12.5.